The van der Waals surface area contributed by atoms with Crippen molar-refractivity contribution < 1.29 is 14.3 Å². The summed E-state index contributed by atoms with van der Waals surface area (Å²) < 4.78 is 5.65. The predicted octanol–water partition coefficient (Wildman–Crippen LogP) is 2.62. The summed E-state index contributed by atoms with van der Waals surface area (Å²) in [5.41, 5.74) is 2.87. The van der Waals surface area contributed by atoms with E-state index in [0.29, 0.717) is 18.0 Å². The second kappa shape index (κ2) is 6.92. The van der Waals surface area contributed by atoms with E-state index in [0.717, 1.165) is 22.9 Å². The fourth-order valence-electron chi connectivity index (χ4n) is 3.14. The SMILES string of the molecule is O=C(C[C@H]1Oc2ccccc2NC1=O)NCCc1c[nH]c2ccccc12. The molecule has 0 radical (unpaired) electrons. The molecule has 6 heteroatoms. The lowest BCUT2D eigenvalue weighted by atomic mass is 10.1. The molecule has 0 spiro atoms. The summed E-state index contributed by atoms with van der Waals surface area (Å²) in [4.78, 5) is 27.5. The second-order valence-electron chi connectivity index (χ2n) is 6.26. The standard InChI is InChI=1S/C20H19N3O3/c24-19(11-18-20(25)23-16-7-3-4-8-17(16)26-18)21-10-9-13-12-22-15-6-2-1-5-14(13)15/h1-8,12,18,22H,9-11H2,(H,21,24)(H,23,25)/t18-/m1/s1. The molecular formula is C20H19N3O3. The maximum atomic E-state index is 12.2. The van der Waals surface area contributed by atoms with Crippen molar-refractivity contribution in [3.8, 4) is 5.75 Å². The van der Waals surface area contributed by atoms with Crippen LogP contribution in [0.25, 0.3) is 10.9 Å². The van der Waals surface area contributed by atoms with Crippen molar-refractivity contribution in [2.24, 2.45) is 0 Å². The first-order valence-corrected chi connectivity index (χ1v) is 8.59. The number of H-pyrrole nitrogens is 1. The van der Waals surface area contributed by atoms with E-state index in [9.17, 15) is 9.59 Å². The number of para-hydroxylation sites is 3. The van der Waals surface area contributed by atoms with Gasteiger partial charge >= 0.3 is 0 Å². The van der Waals surface area contributed by atoms with Gasteiger partial charge in [-0.3, -0.25) is 9.59 Å². The molecule has 2 aromatic carbocycles. The van der Waals surface area contributed by atoms with Crippen molar-refractivity contribution in [2.45, 2.75) is 18.9 Å². The number of carbonyl (C=O) groups excluding carboxylic acids is 2. The van der Waals surface area contributed by atoms with Crippen molar-refractivity contribution in [3.05, 3.63) is 60.3 Å². The van der Waals surface area contributed by atoms with Crippen molar-refractivity contribution in [2.75, 3.05) is 11.9 Å². The van der Waals surface area contributed by atoms with Crippen LogP contribution in [0.4, 0.5) is 5.69 Å². The van der Waals surface area contributed by atoms with Crippen LogP contribution in [0, 0.1) is 0 Å². The molecule has 6 nitrogen and oxygen atoms in total. The Bertz CT molecular complexity index is 964. The van der Waals surface area contributed by atoms with Crippen LogP contribution in [-0.4, -0.2) is 29.4 Å². The Balaban J connectivity index is 1.31. The van der Waals surface area contributed by atoms with Gasteiger partial charge in [0.1, 0.15) is 5.75 Å². The van der Waals surface area contributed by atoms with Gasteiger partial charge in [0.15, 0.2) is 6.10 Å². The minimum Gasteiger partial charge on any atom is -0.478 e. The van der Waals surface area contributed by atoms with Gasteiger partial charge in [-0.1, -0.05) is 30.3 Å². The molecule has 1 aromatic heterocycles. The zero-order valence-corrected chi connectivity index (χ0v) is 14.1. The number of nitrogens with one attached hydrogen (secondary N) is 3. The van der Waals surface area contributed by atoms with Crippen LogP contribution in [0.15, 0.2) is 54.7 Å². The normalized spacial score (nSPS) is 15.8. The van der Waals surface area contributed by atoms with Gasteiger partial charge in [-0.05, 0) is 30.2 Å². The van der Waals surface area contributed by atoms with Crippen molar-refractivity contribution in [3.63, 3.8) is 0 Å². The quantitative estimate of drug-likeness (QED) is 0.662. The van der Waals surface area contributed by atoms with Gasteiger partial charge in [0.05, 0.1) is 12.1 Å². The van der Waals surface area contributed by atoms with E-state index in [1.165, 1.54) is 0 Å². The monoisotopic (exact) mass is 349 g/mol. The Morgan fingerprint density at radius 3 is 2.85 bits per heavy atom. The van der Waals surface area contributed by atoms with Crippen LogP contribution in [-0.2, 0) is 16.0 Å². The number of aromatic amines is 1. The zero-order chi connectivity index (χ0) is 17.9. The van der Waals surface area contributed by atoms with E-state index in [1.807, 2.05) is 36.5 Å². The lowest BCUT2D eigenvalue weighted by Gasteiger charge is -2.25. The Labute approximate surface area is 150 Å². The molecule has 0 fully saturated rings. The minimum atomic E-state index is -0.807. The zero-order valence-electron chi connectivity index (χ0n) is 14.1. The van der Waals surface area contributed by atoms with Crippen LogP contribution in [0.1, 0.15) is 12.0 Å². The lowest BCUT2D eigenvalue weighted by Crippen LogP contribution is -2.41. The number of amides is 2. The minimum absolute atomic E-state index is 0.00590. The van der Waals surface area contributed by atoms with Gasteiger partial charge in [-0.2, -0.15) is 0 Å². The van der Waals surface area contributed by atoms with Crippen molar-refractivity contribution >= 4 is 28.4 Å². The predicted molar refractivity (Wildman–Crippen MR) is 99.1 cm³/mol. The molecule has 0 unspecified atom stereocenters. The number of carbonyl (C=O) groups is 2. The van der Waals surface area contributed by atoms with Crippen LogP contribution in [0.5, 0.6) is 5.75 Å². The first-order valence-electron chi connectivity index (χ1n) is 8.59. The van der Waals surface area contributed by atoms with Crippen molar-refractivity contribution in [1.29, 1.82) is 0 Å². The number of rotatable bonds is 5. The maximum absolute atomic E-state index is 12.2. The molecule has 0 saturated heterocycles. The topological polar surface area (TPSA) is 83.2 Å². The molecule has 4 rings (SSSR count). The van der Waals surface area contributed by atoms with Gasteiger partial charge < -0.3 is 20.4 Å². The van der Waals surface area contributed by atoms with E-state index in [-0.39, 0.29) is 18.2 Å². The number of hydrogen-bond acceptors (Lipinski definition) is 3. The Hall–Kier alpha value is -3.28. The number of fused-ring (bicyclic) bond motifs is 2. The van der Waals surface area contributed by atoms with Gasteiger partial charge in [0, 0.05) is 23.6 Å². The molecular weight excluding hydrogens is 330 g/mol. The van der Waals surface area contributed by atoms with E-state index >= 15 is 0 Å². The average molecular weight is 349 g/mol. The highest BCUT2D eigenvalue weighted by Gasteiger charge is 2.29. The first-order chi connectivity index (χ1) is 12.7. The number of ether oxygens (including phenoxy) is 1. The highest BCUT2D eigenvalue weighted by molar-refractivity contribution is 5.99. The molecule has 3 aromatic rings. The molecule has 1 atom stereocenters. The smallest absolute Gasteiger partial charge is 0.266 e. The molecule has 0 aliphatic carbocycles. The highest BCUT2D eigenvalue weighted by Crippen LogP contribution is 2.29. The fourth-order valence-corrected chi connectivity index (χ4v) is 3.14. The summed E-state index contributed by atoms with van der Waals surface area (Å²) in [5, 5.41) is 6.79. The van der Waals surface area contributed by atoms with E-state index < -0.39 is 6.10 Å². The number of aromatic nitrogens is 1. The molecule has 2 heterocycles. The maximum Gasteiger partial charge on any atom is 0.266 e. The summed E-state index contributed by atoms with van der Waals surface area (Å²) in [6, 6.07) is 15.2. The van der Waals surface area contributed by atoms with Crippen LogP contribution < -0.4 is 15.4 Å². The summed E-state index contributed by atoms with van der Waals surface area (Å²) in [6.45, 7) is 0.506. The lowest BCUT2D eigenvalue weighted by molar-refractivity contribution is -0.130. The van der Waals surface area contributed by atoms with Gasteiger partial charge in [-0.15, -0.1) is 0 Å². The van der Waals surface area contributed by atoms with Gasteiger partial charge in [-0.25, -0.2) is 0 Å². The molecule has 26 heavy (non-hydrogen) atoms. The van der Waals surface area contributed by atoms with Crippen LogP contribution in [0.2, 0.25) is 0 Å². The number of hydrogen-bond donors (Lipinski definition) is 3. The van der Waals surface area contributed by atoms with E-state index in [4.69, 9.17) is 4.74 Å². The largest absolute Gasteiger partial charge is 0.478 e. The van der Waals surface area contributed by atoms with Gasteiger partial charge in [0.2, 0.25) is 5.91 Å². The molecule has 1 aliphatic heterocycles. The summed E-state index contributed by atoms with van der Waals surface area (Å²) in [5.74, 6) is 0.0866. The van der Waals surface area contributed by atoms with E-state index in [1.54, 1.807) is 12.1 Å². The molecule has 132 valence electrons. The third kappa shape index (κ3) is 3.26. The Kier molecular flexibility index (Phi) is 4.31. The average Bonchev–Trinajstić information content (AvgIpc) is 3.06. The van der Waals surface area contributed by atoms with Crippen LogP contribution in [0.3, 0.4) is 0 Å². The third-order valence-corrected chi connectivity index (χ3v) is 4.47. The fraction of sp³-hybridized carbons (Fsp3) is 0.200. The molecule has 3 N–H and O–H groups in total. The number of anilines is 1. The summed E-state index contributed by atoms with van der Waals surface area (Å²) in [7, 11) is 0. The molecule has 2 amide bonds. The van der Waals surface area contributed by atoms with Gasteiger partial charge in [0.25, 0.3) is 5.91 Å². The van der Waals surface area contributed by atoms with E-state index in [2.05, 4.69) is 21.7 Å². The third-order valence-electron chi connectivity index (χ3n) is 4.47. The Morgan fingerprint density at radius 1 is 1.12 bits per heavy atom. The first kappa shape index (κ1) is 16.2. The summed E-state index contributed by atoms with van der Waals surface area (Å²) >= 11 is 0. The molecule has 1 aliphatic rings. The molecule has 0 saturated carbocycles. The highest BCUT2D eigenvalue weighted by atomic mass is 16.5. The second-order valence-corrected chi connectivity index (χ2v) is 6.26. The molecule has 0 bridgehead atoms. The van der Waals surface area contributed by atoms with Crippen molar-refractivity contribution in [1.82, 2.24) is 10.3 Å². The number of benzene rings is 2. The van der Waals surface area contributed by atoms with Crippen LogP contribution >= 0.6 is 0 Å². The Morgan fingerprint density at radius 2 is 1.92 bits per heavy atom. The summed E-state index contributed by atoms with van der Waals surface area (Å²) in [6.07, 6.45) is 1.87.